The number of ether oxygens (including phenoxy) is 1. The third kappa shape index (κ3) is 4.88. The highest BCUT2D eigenvalue weighted by molar-refractivity contribution is 7.10. The lowest BCUT2D eigenvalue weighted by Crippen LogP contribution is -2.51. The fraction of sp³-hybridized carbons (Fsp3) is 0.387. The third-order valence-corrected chi connectivity index (χ3v) is 9.51. The predicted octanol–water partition coefficient (Wildman–Crippen LogP) is 4.75. The van der Waals surface area contributed by atoms with Gasteiger partial charge in [0.1, 0.15) is 12.1 Å². The Balaban J connectivity index is 1.16. The van der Waals surface area contributed by atoms with Crippen molar-refractivity contribution in [1.29, 1.82) is 0 Å². The van der Waals surface area contributed by atoms with Crippen LogP contribution in [0.15, 0.2) is 76.8 Å². The van der Waals surface area contributed by atoms with E-state index in [1.165, 1.54) is 15.8 Å². The highest BCUT2D eigenvalue weighted by Crippen LogP contribution is 2.41. The van der Waals surface area contributed by atoms with Gasteiger partial charge in [-0.25, -0.2) is 4.98 Å². The minimum Gasteiger partial charge on any atom is -0.497 e. The minimum atomic E-state index is -1.08. The maximum atomic E-state index is 13.7. The molecule has 1 N–H and O–H groups in total. The summed E-state index contributed by atoms with van der Waals surface area (Å²) in [6.07, 6.45) is 8.34. The molecule has 8 nitrogen and oxygen atoms in total. The fourth-order valence-corrected chi connectivity index (χ4v) is 7.11. The molecule has 3 aromatic heterocycles. The number of hydrogen-bond acceptors (Lipinski definition) is 6. The molecular weight excluding hydrogens is 524 g/mol. The maximum Gasteiger partial charge on any atom is 0.262 e. The van der Waals surface area contributed by atoms with Crippen molar-refractivity contribution in [2.24, 2.45) is 5.92 Å². The molecule has 40 heavy (non-hydrogen) atoms. The largest absolute Gasteiger partial charge is 0.497 e. The molecule has 1 aliphatic heterocycles. The van der Waals surface area contributed by atoms with Gasteiger partial charge < -0.3 is 19.3 Å². The van der Waals surface area contributed by atoms with Crippen molar-refractivity contribution in [1.82, 2.24) is 19.0 Å². The number of carbonyl (C=O) groups is 1. The van der Waals surface area contributed by atoms with E-state index in [9.17, 15) is 14.7 Å². The second-order valence-corrected chi connectivity index (χ2v) is 12.0. The maximum absolute atomic E-state index is 13.7. The van der Waals surface area contributed by atoms with Crippen LogP contribution in [-0.2, 0) is 11.3 Å². The average molecular weight is 559 g/mol. The Morgan fingerprint density at radius 3 is 2.65 bits per heavy atom. The Labute approximate surface area is 237 Å². The van der Waals surface area contributed by atoms with Crippen LogP contribution in [0.5, 0.6) is 5.75 Å². The zero-order valence-corrected chi connectivity index (χ0v) is 23.6. The number of aromatic nitrogens is 3. The number of allylic oxidation sites excluding steroid dienone is 1. The van der Waals surface area contributed by atoms with E-state index in [0.29, 0.717) is 37.0 Å². The van der Waals surface area contributed by atoms with Gasteiger partial charge in [-0.15, -0.1) is 11.3 Å². The zero-order chi connectivity index (χ0) is 27.9. The SMILES string of the molecule is COc1ccc(-n2ccc3c(=O)n(CC4(O)CCN(C(=O)[C@@H]5C(C)=CCC[C@H]5c5cccs5)CC4)cnc32)cc1. The molecule has 4 aromatic rings. The summed E-state index contributed by atoms with van der Waals surface area (Å²) in [5.74, 6) is 0.959. The Morgan fingerprint density at radius 1 is 1.18 bits per heavy atom. The fourth-order valence-electron chi connectivity index (χ4n) is 6.21. The van der Waals surface area contributed by atoms with E-state index < -0.39 is 5.60 Å². The second kappa shape index (κ2) is 10.7. The summed E-state index contributed by atoms with van der Waals surface area (Å²) in [5.41, 5.74) is 1.31. The Bertz CT molecular complexity index is 1590. The molecule has 2 atom stereocenters. The van der Waals surface area contributed by atoms with Crippen LogP contribution < -0.4 is 10.3 Å². The quantitative estimate of drug-likeness (QED) is 0.345. The summed E-state index contributed by atoms with van der Waals surface area (Å²) in [6.45, 7) is 3.15. The molecule has 1 saturated heterocycles. The number of aliphatic hydroxyl groups is 1. The van der Waals surface area contributed by atoms with Crippen LogP contribution in [0.25, 0.3) is 16.7 Å². The standard InChI is InChI=1S/C31H34N4O4S/c1-21-5-3-6-24(26-7-4-18-40-26)27(21)30(37)33-16-13-31(38,14-17-33)19-34-20-32-28-25(29(34)36)12-15-35(28)22-8-10-23(39-2)11-9-22/h4-5,7-12,15,18,20,24,27,38H,3,6,13-14,16-17,19H2,1-2H3/t24-,27+/m0/s1. The molecule has 0 saturated carbocycles. The molecule has 1 aromatic carbocycles. The summed E-state index contributed by atoms with van der Waals surface area (Å²) in [6, 6.07) is 13.5. The van der Waals surface area contributed by atoms with Crippen molar-refractivity contribution in [2.45, 2.75) is 50.7 Å². The smallest absolute Gasteiger partial charge is 0.262 e. The van der Waals surface area contributed by atoms with Crippen molar-refractivity contribution in [2.75, 3.05) is 20.2 Å². The molecule has 0 spiro atoms. The molecule has 4 heterocycles. The number of methoxy groups -OCH3 is 1. The molecule has 0 bridgehead atoms. The van der Waals surface area contributed by atoms with E-state index in [0.717, 1.165) is 29.9 Å². The number of fused-ring (bicyclic) bond motifs is 1. The van der Waals surface area contributed by atoms with Crippen molar-refractivity contribution in [3.63, 3.8) is 0 Å². The first-order valence-corrected chi connectivity index (χ1v) is 14.7. The van der Waals surface area contributed by atoms with Crippen molar-refractivity contribution >= 4 is 28.3 Å². The van der Waals surface area contributed by atoms with Crippen molar-refractivity contribution in [3.05, 3.63) is 87.2 Å². The van der Waals surface area contributed by atoms with Crippen LogP contribution in [-0.4, -0.2) is 55.8 Å². The lowest BCUT2D eigenvalue weighted by Gasteiger charge is -2.41. The summed E-state index contributed by atoms with van der Waals surface area (Å²) >= 11 is 1.72. The summed E-state index contributed by atoms with van der Waals surface area (Å²) in [7, 11) is 1.62. The van der Waals surface area contributed by atoms with Crippen molar-refractivity contribution < 1.29 is 14.6 Å². The van der Waals surface area contributed by atoms with Gasteiger partial charge in [-0.3, -0.25) is 14.2 Å². The van der Waals surface area contributed by atoms with Gasteiger partial charge in [0.25, 0.3) is 5.56 Å². The molecule has 2 aliphatic rings. The molecule has 208 valence electrons. The first-order chi connectivity index (χ1) is 19.4. The predicted molar refractivity (Wildman–Crippen MR) is 156 cm³/mol. The van der Waals surface area contributed by atoms with E-state index in [4.69, 9.17) is 4.74 Å². The highest BCUT2D eigenvalue weighted by Gasteiger charge is 2.40. The molecule has 6 rings (SSSR count). The number of rotatable bonds is 6. The number of thiophene rings is 1. The monoisotopic (exact) mass is 558 g/mol. The first kappa shape index (κ1) is 26.5. The number of nitrogens with zero attached hydrogens (tertiary/aromatic N) is 4. The van der Waals surface area contributed by atoms with Crippen LogP contribution in [0, 0.1) is 5.92 Å². The zero-order valence-electron chi connectivity index (χ0n) is 22.8. The second-order valence-electron chi connectivity index (χ2n) is 11.0. The number of likely N-dealkylation sites (tertiary alicyclic amines) is 1. The van der Waals surface area contributed by atoms with Gasteiger partial charge in [0.05, 0.1) is 30.6 Å². The topological polar surface area (TPSA) is 89.6 Å². The number of carbonyl (C=O) groups excluding carboxylic acids is 1. The van der Waals surface area contributed by atoms with Gasteiger partial charge in [-0.2, -0.15) is 0 Å². The molecular formula is C31H34N4O4S. The summed E-state index contributed by atoms with van der Waals surface area (Å²) < 4.78 is 8.60. The van der Waals surface area contributed by atoms with Gasteiger partial charge in [0, 0.05) is 35.8 Å². The third-order valence-electron chi connectivity index (χ3n) is 8.50. The molecule has 9 heteroatoms. The van der Waals surface area contributed by atoms with E-state index in [2.05, 4.69) is 35.5 Å². The van der Waals surface area contributed by atoms with Crippen molar-refractivity contribution in [3.8, 4) is 11.4 Å². The van der Waals surface area contributed by atoms with Crippen LogP contribution in [0.3, 0.4) is 0 Å². The van der Waals surface area contributed by atoms with E-state index in [1.807, 2.05) is 39.9 Å². The number of hydrogen-bond donors (Lipinski definition) is 1. The van der Waals surface area contributed by atoms with Crippen LogP contribution in [0.4, 0.5) is 0 Å². The van der Waals surface area contributed by atoms with Gasteiger partial charge in [-0.1, -0.05) is 17.7 Å². The molecule has 1 fully saturated rings. The minimum absolute atomic E-state index is 0.144. The lowest BCUT2D eigenvalue weighted by atomic mass is 9.76. The Kier molecular flexibility index (Phi) is 7.10. The van der Waals surface area contributed by atoms with Gasteiger partial charge in [-0.05, 0) is 74.4 Å². The molecule has 1 aliphatic carbocycles. The number of amides is 1. The molecule has 0 radical (unpaired) electrons. The highest BCUT2D eigenvalue weighted by atomic mass is 32.1. The first-order valence-electron chi connectivity index (χ1n) is 13.8. The average Bonchev–Trinajstić information content (AvgIpc) is 3.66. The van der Waals surface area contributed by atoms with E-state index >= 15 is 0 Å². The number of benzene rings is 1. The molecule has 0 unspecified atom stereocenters. The number of piperidine rings is 1. The van der Waals surface area contributed by atoms with E-state index in [1.54, 1.807) is 24.5 Å². The normalized spacial score (nSPS) is 20.9. The summed E-state index contributed by atoms with van der Waals surface area (Å²) in [5, 5.41) is 14.0. The van der Waals surface area contributed by atoms with Gasteiger partial charge in [0.15, 0.2) is 5.65 Å². The van der Waals surface area contributed by atoms with E-state index in [-0.39, 0.29) is 29.8 Å². The van der Waals surface area contributed by atoms with Crippen LogP contribution in [0.1, 0.15) is 43.4 Å². The van der Waals surface area contributed by atoms with Crippen LogP contribution in [0.2, 0.25) is 0 Å². The summed E-state index contributed by atoms with van der Waals surface area (Å²) in [4.78, 5) is 34.8. The Morgan fingerprint density at radius 2 is 1.95 bits per heavy atom. The lowest BCUT2D eigenvalue weighted by molar-refractivity contribution is -0.139. The van der Waals surface area contributed by atoms with Gasteiger partial charge in [0.2, 0.25) is 5.91 Å². The van der Waals surface area contributed by atoms with Gasteiger partial charge >= 0.3 is 0 Å². The van der Waals surface area contributed by atoms with Crippen LogP contribution >= 0.6 is 11.3 Å². The molecule has 1 amide bonds. The Hall–Kier alpha value is -3.69.